The molecule has 0 spiro atoms. The molecule has 0 unspecified atom stereocenters. The molecule has 0 saturated carbocycles. The van der Waals surface area contributed by atoms with Gasteiger partial charge >= 0.3 is 0 Å². The van der Waals surface area contributed by atoms with Gasteiger partial charge in [-0.25, -0.2) is 13.1 Å². The Morgan fingerprint density at radius 2 is 1.86 bits per heavy atom. The second kappa shape index (κ2) is 9.06. The molecule has 0 aliphatic carbocycles. The molecule has 1 aromatic heterocycles. The van der Waals surface area contributed by atoms with Gasteiger partial charge in [-0.15, -0.1) is 0 Å². The van der Waals surface area contributed by atoms with E-state index >= 15 is 0 Å². The van der Waals surface area contributed by atoms with Crippen LogP contribution in [0.3, 0.4) is 0 Å². The lowest BCUT2D eigenvalue weighted by Gasteiger charge is -2.34. The van der Waals surface area contributed by atoms with Gasteiger partial charge in [-0.2, -0.15) is 0 Å². The second-order valence-corrected chi connectivity index (χ2v) is 9.24. The van der Waals surface area contributed by atoms with E-state index in [9.17, 15) is 13.2 Å². The van der Waals surface area contributed by atoms with E-state index in [1.54, 1.807) is 24.0 Å². The third kappa shape index (κ3) is 5.65. The maximum absolute atomic E-state index is 12.5. The predicted octanol–water partition coefficient (Wildman–Crippen LogP) is 1.61. The number of aromatic nitrogens is 1. The number of piperazine rings is 1. The van der Waals surface area contributed by atoms with Crippen LogP contribution in [-0.2, 0) is 21.4 Å². The SMILES string of the molecule is Cc1ccc(C)c(S(=O)(=O)NCCC(=O)N2CCN(Cc3cc(C)no3)CC2)c1. The molecule has 1 fully saturated rings. The van der Waals surface area contributed by atoms with Gasteiger partial charge in [0.2, 0.25) is 15.9 Å². The van der Waals surface area contributed by atoms with E-state index in [0.717, 1.165) is 30.1 Å². The first kappa shape index (κ1) is 21.5. The molecular weight excluding hydrogens is 392 g/mol. The van der Waals surface area contributed by atoms with Crippen LogP contribution in [0.2, 0.25) is 0 Å². The van der Waals surface area contributed by atoms with E-state index in [-0.39, 0.29) is 23.8 Å². The largest absolute Gasteiger partial charge is 0.360 e. The van der Waals surface area contributed by atoms with E-state index < -0.39 is 10.0 Å². The van der Waals surface area contributed by atoms with E-state index in [2.05, 4.69) is 14.8 Å². The summed E-state index contributed by atoms with van der Waals surface area (Å²) < 4.78 is 32.8. The van der Waals surface area contributed by atoms with Crippen LogP contribution in [0.1, 0.15) is 29.0 Å². The van der Waals surface area contributed by atoms with Gasteiger partial charge in [0.1, 0.15) is 0 Å². The number of aryl methyl sites for hydroxylation is 3. The van der Waals surface area contributed by atoms with Crippen LogP contribution >= 0.6 is 0 Å². The summed E-state index contributed by atoms with van der Waals surface area (Å²) >= 11 is 0. The fourth-order valence-electron chi connectivity index (χ4n) is 3.39. The molecule has 3 rings (SSSR count). The molecule has 0 bridgehead atoms. The molecule has 2 heterocycles. The lowest BCUT2D eigenvalue weighted by Crippen LogP contribution is -2.48. The normalized spacial score (nSPS) is 15.6. The molecule has 158 valence electrons. The van der Waals surface area contributed by atoms with E-state index in [4.69, 9.17) is 4.52 Å². The lowest BCUT2D eigenvalue weighted by atomic mass is 10.2. The number of carbonyl (C=O) groups is 1. The van der Waals surface area contributed by atoms with Crippen LogP contribution in [0.5, 0.6) is 0 Å². The Hall–Kier alpha value is -2.23. The first-order valence-electron chi connectivity index (χ1n) is 9.74. The fourth-order valence-corrected chi connectivity index (χ4v) is 4.75. The van der Waals surface area contributed by atoms with Crippen molar-refractivity contribution in [3.05, 3.63) is 46.8 Å². The van der Waals surface area contributed by atoms with Crippen molar-refractivity contribution < 1.29 is 17.7 Å². The number of amides is 1. The minimum absolute atomic E-state index is 0.0381. The molecule has 1 aromatic carbocycles. The first-order chi connectivity index (χ1) is 13.7. The molecule has 29 heavy (non-hydrogen) atoms. The van der Waals surface area contributed by atoms with Crippen LogP contribution in [0.25, 0.3) is 0 Å². The average Bonchev–Trinajstić information content (AvgIpc) is 3.08. The maximum atomic E-state index is 12.5. The van der Waals surface area contributed by atoms with Crippen LogP contribution in [-0.4, -0.2) is 62.0 Å². The number of sulfonamides is 1. The van der Waals surface area contributed by atoms with Crippen LogP contribution in [0.15, 0.2) is 33.7 Å². The summed E-state index contributed by atoms with van der Waals surface area (Å²) in [5, 5.41) is 3.89. The highest BCUT2D eigenvalue weighted by Crippen LogP contribution is 2.16. The molecule has 2 aromatic rings. The highest BCUT2D eigenvalue weighted by Gasteiger charge is 2.23. The third-order valence-electron chi connectivity index (χ3n) is 5.05. The maximum Gasteiger partial charge on any atom is 0.240 e. The summed E-state index contributed by atoms with van der Waals surface area (Å²) in [5.41, 5.74) is 2.43. The lowest BCUT2D eigenvalue weighted by molar-refractivity contribution is -0.132. The van der Waals surface area contributed by atoms with Crippen molar-refractivity contribution in [2.24, 2.45) is 0 Å². The van der Waals surface area contributed by atoms with Gasteiger partial charge in [0, 0.05) is 45.2 Å². The highest BCUT2D eigenvalue weighted by atomic mass is 32.2. The zero-order valence-corrected chi connectivity index (χ0v) is 18.0. The van der Waals surface area contributed by atoms with Crippen molar-refractivity contribution >= 4 is 15.9 Å². The van der Waals surface area contributed by atoms with Gasteiger partial charge in [-0.3, -0.25) is 9.69 Å². The minimum Gasteiger partial charge on any atom is -0.360 e. The summed E-state index contributed by atoms with van der Waals surface area (Å²) in [6.07, 6.45) is 0.144. The quantitative estimate of drug-likeness (QED) is 0.731. The molecule has 0 atom stereocenters. The van der Waals surface area contributed by atoms with E-state index in [0.29, 0.717) is 25.2 Å². The number of hydrogen-bond acceptors (Lipinski definition) is 6. The van der Waals surface area contributed by atoms with Crippen molar-refractivity contribution in [2.45, 2.75) is 38.6 Å². The predicted molar refractivity (Wildman–Crippen MR) is 109 cm³/mol. The second-order valence-electron chi connectivity index (χ2n) is 7.51. The van der Waals surface area contributed by atoms with Crippen molar-refractivity contribution in [2.75, 3.05) is 32.7 Å². The average molecular weight is 421 g/mol. The van der Waals surface area contributed by atoms with E-state index in [1.807, 2.05) is 26.0 Å². The Balaban J connectivity index is 1.45. The van der Waals surface area contributed by atoms with Gasteiger partial charge in [0.25, 0.3) is 0 Å². The van der Waals surface area contributed by atoms with Crippen LogP contribution in [0, 0.1) is 20.8 Å². The zero-order valence-electron chi connectivity index (χ0n) is 17.1. The van der Waals surface area contributed by atoms with E-state index in [1.165, 1.54) is 0 Å². The van der Waals surface area contributed by atoms with Gasteiger partial charge in [-0.05, 0) is 38.0 Å². The molecule has 9 heteroatoms. The topological polar surface area (TPSA) is 95.8 Å². The van der Waals surface area contributed by atoms with Gasteiger partial charge in [0.05, 0.1) is 17.1 Å². The number of nitrogens with zero attached hydrogens (tertiary/aromatic N) is 3. The van der Waals surface area contributed by atoms with Crippen LogP contribution in [0.4, 0.5) is 0 Å². The number of carbonyl (C=O) groups excluding carboxylic acids is 1. The Kier molecular flexibility index (Phi) is 6.71. The Bertz CT molecular complexity index is 963. The summed E-state index contributed by atoms with van der Waals surface area (Å²) in [6.45, 7) is 9.01. The minimum atomic E-state index is -3.63. The third-order valence-corrected chi connectivity index (χ3v) is 6.65. The monoisotopic (exact) mass is 420 g/mol. The van der Waals surface area contributed by atoms with Crippen molar-refractivity contribution in [1.29, 1.82) is 0 Å². The van der Waals surface area contributed by atoms with Crippen LogP contribution < -0.4 is 4.72 Å². The Labute approximate surface area is 171 Å². The van der Waals surface area contributed by atoms with Crippen molar-refractivity contribution in [1.82, 2.24) is 19.7 Å². The fraction of sp³-hybridized carbons (Fsp3) is 0.500. The molecule has 0 radical (unpaired) electrons. The molecule has 1 amide bonds. The number of rotatable bonds is 7. The Morgan fingerprint density at radius 1 is 1.14 bits per heavy atom. The molecule has 1 saturated heterocycles. The van der Waals surface area contributed by atoms with Crippen molar-refractivity contribution in [3.63, 3.8) is 0 Å². The van der Waals surface area contributed by atoms with Crippen molar-refractivity contribution in [3.8, 4) is 0 Å². The number of benzene rings is 1. The zero-order chi connectivity index (χ0) is 21.0. The molecule has 1 aliphatic rings. The molecular formula is C20H28N4O4S. The summed E-state index contributed by atoms with van der Waals surface area (Å²) in [7, 11) is -3.63. The molecule has 1 aliphatic heterocycles. The summed E-state index contributed by atoms with van der Waals surface area (Å²) in [5.74, 6) is 0.784. The molecule has 1 N–H and O–H groups in total. The Morgan fingerprint density at radius 3 is 2.52 bits per heavy atom. The van der Waals surface area contributed by atoms with Gasteiger partial charge in [-0.1, -0.05) is 17.3 Å². The smallest absolute Gasteiger partial charge is 0.240 e. The molecule has 8 nitrogen and oxygen atoms in total. The number of nitrogens with one attached hydrogen (secondary N) is 1. The summed E-state index contributed by atoms with van der Waals surface area (Å²) in [4.78, 5) is 16.7. The highest BCUT2D eigenvalue weighted by molar-refractivity contribution is 7.89. The number of hydrogen-bond donors (Lipinski definition) is 1. The van der Waals surface area contributed by atoms with Gasteiger partial charge in [0.15, 0.2) is 5.76 Å². The van der Waals surface area contributed by atoms with Gasteiger partial charge < -0.3 is 9.42 Å². The summed E-state index contributed by atoms with van der Waals surface area (Å²) in [6, 6.07) is 7.23. The standard InChI is InChI=1S/C20H28N4O4S/c1-15-4-5-16(2)19(12-15)29(26,27)21-7-6-20(25)24-10-8-23(9-11-24)14-18-13-17(3)22-28-18/h4-5,12-13,21H,6-11,14H2,1-3H3. The first-order valence-corrected chi connectivity index (χ1v) is 11.2.